The highest BCUT2D eigenvalue weighted by Gasteiger charge is 2.15. The van der Waals surface area contributed by atoms with Gasteiger partial charge < -0.3 is 9.84 Å². The molecule has 0 radical (unpaired) electrons. The number of aromatic nitrogens is 2. The van der Waals surface area contributed by atoms with E-state index >= 15 is 0 Å². The molecule has 3 aromatic rings. The van der Waals surface area contributed by atoms with E-state index in [1.54, 1.807) is 19.5 Å². The first-order valence-electron chi connectivity index (χ1n) is 6.31. The smallest absolute Gasteiger partial charge is 0.119 e. The molecule has 3 rings (SSSR count). The monoisotopic (exact) mass is 266 g/mol. The third-order valence-corrected chi connectivity index (χ3v) is 3.23. The van der Waals surface area contributed by atoms with Crippen LogP contribution in [0.4, 0.5) is 0 Å². The lowest BCUT2D eigenvalue weighted by molar-refractivity contribution is 0.221. The van der Waals surface area contributed by atoms with Crippen molar-refractivity contribution in [2.75, 3.05) is 7.11 Å². The number of ether oxygens (including phenoxy) is 1. The molecule has 1 atom stereocenters. The Morgan fingerprint density at radius 2 is 1.85 bits per heavy atom. The molecule has 1 unspecified atom stereocenters. The van der Waals surface area contributed by atoms with Crippen molar-refractivity contribution in [3.8, 4) is 5.75 Å². The predicted octanol–water partition coefficient (Wildman–Crippen LogP) is 2.72. The zero-order chi connectivity index (χ0) is 13.9. The molecular formula is C16H14N2O2. The normalized spacial score (nSPS) is 12.3. The van der Waals surface area contributed by atoms with Gasteiger partial charge in [-0.3, -0.25) is 9.97 Å². The fourth-order valence-electron chi connectivity index (χ4n) is 2.23. The van der Waals surface area contributed by atoms with Gasteiger partial charge >= 0.3 is 0 Å². The van der Waals surface area contributed by atoms with Crippen molar-refractivity contribution in [3.63, 3.8) is 0 Å². The number of methoxy groups -OCH3 is 1. The average Bonchev–Trinajstić information content (AvgIpc) is 2.53. The molecule has 1 heterocycles. The van der Waals surface area contributed by atoms with Gasteiger partial charge in [-0.05, 0) is 23.8 Å². The van der Waals surface area contributed by atoms with Crippen LogP contribution in [0.3, 0.4) is 0 Å². The van der Waals surface area contributed by atoms with Crippen LogP contribution in [0.15, 0.2) is 54.9 Å². The minimum absolute atomic E-state index is 0.713. The summed E-state index contributed by atoms with van der Waals surface area (Å²) in [6.07, 6.45) is 2.51. The lowest BCUT2D eigenvalue weighted by Gasteiger charge is -2.14. The van der Waals surface area contributed by atoms with Crippen molar-refractivity contribution in [2.24, 2.45) is 0 Å². The number of fused-ring (bicyclic) bond motifs is 1. The molecule has 0 aliphatic carbocycles. The SMILES string of the molecule is COc1cccc(C(O)c2cccc3nccnc23)c1. The molecular weight excluding hydrogens is 252 g/mol. The quantitative estimate of drug-likeness (QED) is 0.792. The van der Waals surface area contributed by atoms with Gasteiger partial charge in [-0.15, -0.1) is 0 Å². The van der Waals surface area contributed by atoms with Crippen molar-refractivity contribution in [1.29, 1.82) is 0 Å². The number of aliphatic hydroxyl groups excluding tert-OH is 1. The zero-order valence-corrected chi connectivity index (χ0v) is 11.0. The Morgan fingerprint density at radius 1 is 1.05 bits per heavy atom. The van der Waals surface area contributed by atoms with E-state index in [4.69, 9.17) is 4.74 Å². The predicted molar refractivity (Wildman–Crippen MR) is 76.6 cm³/mol. The molecule has 0 aliphatic heterocycles. The third kappa shape index (κ3) is 2.21. The summed E-state index contributed by atoms with van der Waals surface area (Å²) in [5.41, 5.74) is 2.99. The Hall–Kier alpha value is -2.46. The van der Waals surface area contributed by atoms with E-state index in [1.807, 2.05) is 42.5 Å². The van der Waals surface area contributed by atoms with Crippen molar-refractivity contribution < 1.29 is 9.84 Å². The summed E-state index contributed by atoms with van der Waals surface area (Å²) in [5, 5.41) is 10.6. The lowest BCUT2D eigenvalue weighted by atomic mass is 10.00. The van der Waals surface area contributed by atoms with Crippen LogP contribution < -0.4 is 4.74 Å². The molecule has 0 saturated heterocycles. The van der Waals surface area contributed by atoms with Gasteiger partial charge in [0.2, 0.25) is 0 Å². The highest BCUT2D eigenvalue weighted by atomic mass is 16.5. The molecule has 0 bridgehead atoms. The Balaban J connectivity index is 2.10. The molecule has 2 aromatic carbocycles. The Bertz CT molecular complexity index is 738. The summed E-state index contributed by atoms with van der Waals surface area (Å²) in [4.78, 5) is 8.57. The summed E-state index contributed by atoms with van der Waals surface area (Å²) in [5.74, 6) is 0.716. The molecule has 4 nitrogen and oxygen atoms in total. The molecule has 4 heteroatoms. The van der Waals surface area contributed by atoms with Crippen LogP contribution in [0.1, 0.15) is 17.2 Å². The van der Waals surface area contributed by atoms with E-state index in [1.165, 1.54) is 0 Å². The fraction of sp³-hybridized carbons (Fsp3) is 0.125. The largest absolute Gasteiger partial charge is 0.497 e. The number of para-hydroxylation sites is 1. The molecule has 20 heavy (non-hydrogen) atoms. The van der Waals surface area contributed by atoms with Crippen molar-refractivity contribution in [2.45, 2.75) is 6.10 Å². The van der Waals surface area contributed by atoms with Gasteiger partial charge in [0.25, 0.3) is 0 Å². The van der Waals surface area contributed by atoms with Gasteiger partial charge in [-0.2, -0.15) is 0 Å². The van der Waals surface area contributed by atoms with Gasteiger partial charge in [0.1, 0.15) is 11.9 Å². The molecule has 100 valence electrons. The van der Waals surface area contributed by atoms with Crippen LogP contribution in [-0.4, -0.2) is 22.2 Å². The summed E-state index contributed by atoms with van der Waals surface area (Å²) in [7, 11) is 1.61. The number of aliphatic hydroxyl groups is 1. The Kier molecular flexibility index (Phi) is 3.31. The first-order chi connectivity index (χ1) is 9.79. The fourth-order valence-corrected chi connectivity index (χ4v) is 2.23. The highest BCUT2D eigenvalue weighted by molar-refractivity contribution is 5.78. The van der Waals surface area contributed by atoms with Crippen LogP contribution in [-0.2, 0) is 0 Å². The molecule has 1 aromatic heterocycles. The summed E-state index contributed by atoms with van der Waals surface area (Å²) < 4.78 is 5.19. The lowest BCUT2D eigenvalue weighted by Crippen LogP contribution is -2.02. The second kappa shape index (κ2) is 5.27. The van der Waals surface area contributed by atoms with E-state index in [0.29, 0.717) is 11.3 Å². The van der Waals surface area contributed by atoms with Gasteiger partial charge in [0.15, 0.2) is 0 Å². The van der Waals surface area contributed by atoms with Crippen molar-refractivity contribution in [1.82, 2.24) is 9.97 Å². The standard InChI is InChI=1S/C16H14N2O2/c1-20-12-5-2-4-11(10-12)16(19)13-6-3-7-14-15(13)18-9-8-17-14/h2-10,16,19H,1H3. The van der Waals surface area contributed by atoms with E-state index in [2.05, 4.69) is 9.97 Å². The van der Waals surface area contributed by atoms with Gasteiger partial charge in [-0.25, -0.2) is 0 Å². The zero-order valence-electron chi connectivity index (χ0n) is 11.0. The Labute approximate surface area is 116 Å². The summed E-state index contributed by atoms with van der Waals surface area (Å²) in [6, 6.07) is 13.0. The topological polar surface area (TPSA) is 55.2 Å². The van der Waals surface area contributed by atoms with Gasteiger partial charge in [0, 0.05) is 18.0 Å². The molecule has 0 fully saturated rings. The van der Waals surface area contributed by atoms with Crippen molar-refractivity contribution >= 4 is 11.0 Å². The minimum atomic E-state index is -0.759. The van der Waals surface area contributed by atoms with E-state index < -0.39 is 6.10 Å². The number of nitrogens with zero attached hydrogens (tertiary/aromatic N) is 2. The van der Waals surface area contributed by atoms with Gasteiger partial charge in [-0.1, -0.05) is 24.3 Å². The van der Waals surface area contributed by atoms with Crippen LogP contribution in [0, 0.1) is 0 Å². The van der Waals surface area contributed by atoms with Crippen molar-refractivity contribution in [3.05, 3.63) is 66.0 Å². The highest BCUT2D eigenvalue weighted by Crippen LogP contribution is 2.28. The third-order valence-electron chi connectivity index (χ3n) is 3.23. The second-order valence-corrected chi connectivity index (χ2v) is 4.45. The number of hydrogen-bond acceptors (Lipinski definition) is 4. The maximum atomic E-state index is 10.6. The van der Waals surface area contributed by atoms with E-state index in [9.17, 15) is 5.11 Å². The molecule has 0 amide bonds. The summed E-state index contributed by atoms with van der Waals surface area (Å²) >= 11 is 0. The number of benzene rings is 2. The molecule has 0 saturated carbocycles. The first-order valence-corrected chi connectivity index (χ1v) is 6.31. The maximum absolute atomic E-state index is 10.6. The number of rotatable bonds is 3. The van der Waals surface area contributed by atoms with Crippen LogP contribution in [0.2, 0.25) is 0 Å². The maximum Gasteiger partial charge on any atom is 0.119 e. The summed E-state index contributed by atoms with van der Waals surface area (Å²) in [6.45, 7) is 0. The molecule has 0 spiro atoms. The van der Waals surface area contributed by atoms with Crippen LogP contribution in [0.25, 0.3) is 11.0 Å². The first kappa shape index (κ1) is 12.6. The molecule has 0 aliphatic rings. The second-order valence-electron chi connectivity index (χ2n) is 4.45. The molecule has 1 N–H and O–H groups in total. The average molecular weight is 266 g/mol. The van der Waals surface area contributed by atoms with Crippen LogP contribution in [0.5, 0.6) is 5.75 Å². The van der Waals surface area contributed by atoms with Gasteiger partial charge in [0.05, 0.1) is 18.1 Å². The van der Waals surface area contributed by atoms with E-state index in [0.717, 1.165) is 16.6 Å². The minimum Gasteiger partial charge on any atom is -0.497 e. The van der Waals surface area contributed by atoms with Crippen LogP contribution >= 0.6 is 0 Å². The number of hydrogen-bond donors (Lipinski definition) is 1. The Morgan fingerprint density at radius 3 is 2.70 bits per heavy atom. The van der Waals surface area contributed by atoms with E-state index in [-0.39, 0.29) is 0 Å².